The molecule has 94 valence electrons. The normalized spacial score (nSPS) is 20.5. The molecule has 0 aliphatic carbocycles. The van der Waals surface area contributed by atoms with Crippen molar-refractivity contribution in [2.45, 2.75) is 31.9 Å². The van der Waals surface area contributed by atoms with Gasteiger partial charge in [-0.2, -0.15) is 0 Å². The molecule has 1 aromatic carbocycles. The van der Waals surface area contributed by atoms with Gasteiger partial charge in [0.15, 0.2) is 0 Å². The van der Waals surface area contributed by atoms with Crippen molar-refractivity contribution in [3.05, 3.63) is 34.1 Å². The van der Waals surface area contributed by atoms with E-state index in [0.717, 1.165) is 25.1 Å². The van der Waals surface area contributed by atoms with Crippen LogP contribution >= 0.6 is 15.9 Å². The van der Waals surface area contributed by atoms with Gasteiger partial charge in [0.05, 0.1) is 10.6 Å². The van der Waals surface area contributed by atoms with Crippen molar-refractivity contribution < 1.29 is 9.13 Å². The van der Waals surface area contributed by atoms with E-state index in [2.05, 4.69) is 21.2 Å². The lowest BCUT2D eigenvalue weighted by atomic mass is 10.1. The highest BCUT2D eigenvalue weighted by Gasteiger charge is 2.12. The number of benzene rings is 1. The predicted molar refractivity (Wildman–Crippen MR) is 69.4 cm³/mol. The van der Waals surface area contributed by atoms with Gasteiger partial charge in [-0.15, -0.1) is 0 Å². The fraction of sp³-hybridized carbons (Fsp3) is 0.538. The Morgan fingerprint density at radius 1 is 1.41 bits per heavy atom. The Kier molecular flexibility index (Phi) is 4.95. The van der Waals surface area contributed by atoms with Crippen LogP contribution in [0.2, 0.25) is 0 Å². The van der Waals surface area contributed by atoms with E-state index < -0.39 is 0 Å². The highest BCUT2D eigenvalue weighted by molar-refractivity contribution is 9.10. The van der Waals surface area contributed by atoms with Crippen LogP contribution in [0.1, 0.15) is 24.8 Å². The molecule has 1 aliphatic rings. The summed E-state index contributed by atoms with van der Waals surface area (Å²) in [7, 11) is 0. The molecule has 0 aromatic heterocycles. The highest BCUT2D eigenvalue weighted by atomic mass is 79.9. The second kappa shape index (κ2) is 6.47. The number of ether oxygens (including phenoxy) is 1. The second-order valence-electron chi connectivity index (χ2n) is 4.37. The molecule has 1 N–H and O–H groups in total. The number of halogens is 2. The fourth-order valence-corrected chi connectivity index (χ4v) is 2.24. The van der Waals surface area contributed by atoms with E-state index in [1.807, 2.05) is 6.07 Å². The molecule has 0 saturated carbocycles. The van der Waals surface area contributed by atoms with Gasteiger partial charge >= 0.3 is 0 Å². The molecule has 0 amide bonds. The van der Waals surface area contributed by atoms with Crippen LogP contribution in [-0.4, -0.2) is 19.3 Å². The number of hydrogen-bond donors (Lipinski definition) is 1. The predicted octanol–water partition coefficient (Wildman–Crippen LogP) is 3.25. The van der Waals surface area contributed by atoms with Gasteiger partial charge in [0.1, 0.15) is 5.82 Å². The van der Waals surface area contributed by atoms with Crippen molar-refractivity contribution in [3.63, 3.8) is 0 Å². The van der Waals surface area contributed by atoms with Crippen molar-refractivity contribution >= 4 is 15.9 Å². The summed E-state index contributed by atoms with van der Waals surface area (Å²) < 4.78 is 19.4. The van der Waals surface area contributed by atoms with Crippen LogP contribution in [0.4, 0.5) is 4.39 Å². The number of hydrogen-bond acceptors (Lipinski definition) is 2. The quantitative estimate of drug-likeness (QED) is 0.922. The topological polar surface area (TPSA) is 21.3 Å². The lowest BCUT2D eigenvalue weighted by Gasteiger charge is -2.22. The average Bonchev–Trinajstić information content (AvgIpc) is 2.35. The minimum atomic E-state index is -0.210. The van der Waals surface area contributed by atoms with Gasteiger partial charge in [-0.25, -0.2) is 4.39 Å². The molecule has 1 aliphatic heterocycles. The van der Waals surface area contributed by atoms with Crippen molar-refractivity contribution in [3.8, 4) is 0 Å². The first-order valence-electron chi connectivity index (χ1n) is 6.02. The smallest absolute Gasteiger partial charge is 0.137 e. The maximum Gasteiger partial charge on any atom is 0.137 e. The van der Waals surface area contributed by atoms with Gasteiger partial charge < -0.3 is 10.1 Å². The Hall–Kier alpha value is -0.450. The molecular formula is C13H17BrFNO. The Morgan fingerprint density at radius 2 is 2.29 bits per heavy atom. The van der Waals surface area contributed by atoms with Gasteiger partial charge in [-0.05, 0) is 52.9 Å². The molecule has 1 heterocycles. The maximum atomic E-state index is 13.3. The molecular weight excluding hydrogens is 285 g/mol. The molecule has 17 heavy (non-hydrogen) atoms. The van der Waals surface area contributed by atoms with Crippen LogP contribution in [0.5, 0.6) is 0 Å². The minimum absolute atomic E-state index is 0.210. The molecule has 0 radical (unpaired) electrons. The summed E-state index contributed by atoms with van der Waals surface area (Å²) in [5.41, 5.74) is 0.960. The first-order chi connectivity index (χ1) is 8.25. The Bertz CT molecular complexity index is 366. The van der Waals surface area contributed by atoms with Crippen molar-refractivity contribution in [1.29, 1.82) is 0 Å². The van der Waals surface area contributed by atoms with E-state index >= 15 is 0 Å². The highest BCUT2D eigenvalue weighted by Crippen LogP contribution is 2.16. The van der Waals surface area contributed by atoms with Gasteiger partial charge in [-0.1, -0.05) is 6.07 Å². The molecule has 1 fully saturated rings. The summed E-state index contributed by atoms with van der Waals surface area (Å²) in [6.07, 6.45) is 3.87. The van der Waals surface area contributed by atoms with E-state index in [4.69, 9.17) is 4.74 Å². The molecule has 4 heteroatoms. The summed E-state index contributed by atoms with van der Waals surface area (Å²) in [5, 5.41) is 3.31. The number of nitrogens with one attached hydrogen (secondary N) is 1. The molecule has 0 spiro atoms. The third-order valence-electron chi connectivity index (χ3n) is 2.96. The molecule has 1 unspecified atom stereocenters. The fourth-order valence-electron chi connectivity index (χ4n) is 2.00. The minimum Gasteiger partial charge on any atom is -0.377 e. The second-order valence-corrected chi connectivity index (χ2v) is 5.22. The van der Waals surface area contributed by atoms with E-state index in [1.165, 1.54) is 12.8 Å². The number of rotatable bonds is 4. The van der Waals surface area contributed by atoms with Crippen LogP contribution in [0.15, 0.2) is 22.7 Å². The van der Waals surface area contributed by atoms with Crippen LogP contribution in [-0.2, 0) is 11.3 Å². The summed E-state index contributed by atoms with van der Waals surface area (Å²) in [5.74, 6) is -0.210. The summed E-state index contributed by atoms with van der Waals surface area (Å²) in [4.78, 5) is 0. The lowest BCUT2D eigenvalue weighted by Crippen LogP contribution is -2.31. The first kappa shape index (κ1) is 13.0. The van der Waals surface area contributed by atoms with Crippen LogP contribution < -0.4 is 5.32 Å². The van der Waals surface area contributed by atoms with E-state index in [9.17, 15) is 4.39 Å². The van der Waals surface area contributed by atoms with Gasteiger partial charge in [-0.3, -0.25) is 0 Å². The van der Waals surface area contributed by atoms with Crippen molar-refractivity contribution in [2.24, 2.45) is 0 Å². The van der Waals surface area contributed by atoms with E-state index in [0.29, 0.717) is 17.1 Å². The Labute approximate surface area is 110 Å². The zero-order valence-corrected chi connectivity index (χ0v) is 11.3. The molecule has 2 rings (SSSR count). The average molecular weight is 302 g/mol. The van der Waals surface area contributed by atoms with Crippen molar-refractivity contribution in [1.82, 2.24) is 5.32 Å². The summed E-state index contributed by atoms with van der Waals surface area (Å²) in [6.45, 7) is 2.40. The zero-order chi connectivity index (χ0) is 12.1. The van der Waals surface area contributed by atoms with Gasteiger partial charge in [0.25, 0.3) is 0 Å². The van der Waals surface area contributed by atoms with Crippen LogP contribution in [0.3, 0.4) is 0 Å². The van der Waals surface area contributed by atoms with E-state index in [-0.39, 0.29) is 5.82 Å². The monoisotopic (exact) mass is 301 g/mol. The third kappa shape index (κ3) is 4.05. The molecule has 1 saturated heterocycles. The first-order valence-corrected chi connectivity index (χ1v) is 6.81. The standard InChI is InChI=1S/C13H17BrFNO/c14-12-5-4-10(7-13(12)15)8-16-9-11-3-1-2-6-17-11/h4-5,7,11,16H,1-3,6,8-9H2. The third-order valence-corrected chi connectivity index (χ3v) is 3.60. The van der Waals surface area contributed by atoms with E-state index in [1.54, 1.807) is 12.1 Å². The Morgan fingerprint density at radius 3 is 3.00 bits per heavy atom. The molecule has 2 nitrogen and oxygen atoms in total. The van der Waals surface area contributed by atoms with Crippen molar-refractivity contribution in [2.75, 3.05) is 13.2 Å². The van der Waals surface area contributed by atoms with Gasteiger partial charge in [0, 0.05) is 19.7 Å². The van der Waals surface area contributed by atoms with Gasteiger partial charge in [0.2, 0.25) is 0 Å². The maximum absolute atomic E-state index is 13.3. The lowest BCUT2D eigenvalue weighted by molar-refractivity contribution is 0.0168. The van der Waals surface area contributed by atoms with Crippen LogP contribution in [0.25, 0.3) is 0 Å². The van der Waals surface area contributed by atoms with Crippen LogP contribution in [0, 0.1) is 5.82 Å². The molecule has 0 bridgehead atoms. The Balaban J connectivity index is 1.75. The molecule has 1 aromatic rings. The molecule has 1 atom stereocenters. The summed E-state index contributed by atoms with van der Waals surface area (Å²) >= 11 is 3.14. The summed E-state index contributed by atoms with van der Waals surface area (Å²) in [6, 6.07) is 5.21. The SMILES string of the molecule is Fc1cc(CNCC2CCCCO2)ccc1Br. The largest absolute Gasteiger partial charge is 0.377 e. The zero-order valence-electron chi connectivity index (χ0n) is 9.72.